The van der Waals surface area contributed by atoms with Crippen LogP contribution >= 0.6 is 24.8 Å². The lowest BCUT2D eigenvalue weighted by atomic mass is 10.1. The number of aromatic nitrogens is 2. The van der Waals surface area contributed by atoms with Crippen molar-refractivity contribution in [3.63, 3.8) is 0 Å². The molecule has 2 heterocycles. The van der Waals surface area contributed by atoms with Gasteiger partial charge in [-0.1, -0.05) is 26.0 Å². The molecule has 152 valence electrons. The maximum absolute atomic E-state index is 12.4. The van der Waals surface area contributed by atoms with Gasteiger partial charge >= 0.3 is 0 Å². The number of carbonyl (C=O) groups excluding carboxylic acids is 1. The summed E-state index contributed by atoms with van der Waals surface area (Å²) in [7, 11) is 0. The largest absolute Gasteiger partial charge is 0.313 e. The van der Waals surface area contributed by atoms with Crippen molar-refractivity contribution in [2.45, 2.75) is 45.7 Å². The van der Waals surface area contributed by atoms with Crippen LogP contribution in [0.3, 0.4) is 0 Å². The molecule has 3 rings (SSSR count). The lowest BCUT2D eigenvalue weighted by Crippen LogP contribution is -2.29. The van der Waals surface area contributed by atoms with Crippen molar-refractivity contribution >= 4 is 47.7 Å². The fraction of sp³-hybridized carbons (Fsp3) is 0.579. The summed E-state index contributed by atoms with van der Waals surface area (Å²) < 4.78 is 2.13. The van der Waals surface area contributed by atoms with Gasteiger partial charge in [0.1, 0.15) is 0 Å². The molecular weight excluding hydrogens is 385 g/mol. The number of nitrogens with one attached hydrogen (secondary N) is 2. The molecule has 1 fully saturated rings. The van der Waals surface area contributed by atoms with Crippen LogP contribution in [0.4, 0.5) is 5.95 Å². The quantitative estimate of drug-likeness (QED) is 0.693. The van der Waals surface area contributed by atoms with E-state index in [4.69, 9.17) is 0 Å². The van der Waals surface area contributed by atoms with Gasteiger partial charge in [-0.25, -0.2) is 4.98 Å². The lowest BCUT2D eigenvalue weighted by Gasteiger charge is -2.19. The summed E-state index contributed by atoms with van der Waals surface area (Å²) >= 11 is 0. The molecular formula is C19H31Cl2N5O. The van der Waals surface area contributed by atoms with E-state index in [0.717, 1.165) is 56.6 Å². The topological polar surface area (TPSA) is 62.2 Å². The lowest BCUT2D eigenvalue weighted by molar-refractivity contribution is -0.116. The molecule has 8 heteroatoms. The van der Waals surface area contributed by atoms with E-state index in [2.05, 4.69) is 45.0 Å². The van der Waals surface area contributed by atoms with Crippen LogP contribution in [0.5, 0.6) is 0 Å². The molecule has 0 aliphatic carbocycles. The number of rotatable bonds is 8. The molecule has 1 aliphatic rings. The van der Waals surface area contributed by atoms with E-state index in [1.807, 2.05) is 18.2 Å². The fourth-order valence-corrected chi connectivity index (χ4v) is 3.51. The van der Waals surface area contributed by atoms with Gasteiger partial charge in [0.25, 0.3) is 0 Å². The van der Waals surface area contributed by atoms with Gasteiger partial charge in [-0.3, -0.25) is 10.1 Å². The Balaban J connectivity index is 0.00000182. The molecule has 1 aliphatic heterocycles. The number of para-hydroxylation sites is 2. The second kappa shape index (κ2) is 11.5. The average molecular weight is 416 g/mol. The number of nitrogens with zero attached hydrogens (tertiary/aromatic N) is 3. The Bertz CT molecular complexity index is 711. The third-order valence-corrected chi connectivity index (χ3v) is 5.03. The molecule has 0 spiro atoms. The Hall–Kier alpha value is -1.34. The number of halogens is 2. The van der Waals surface area contributed by atoms with Crippen molar-refractivity contribution in [1.82, 2.24) is 19.8 Å². The maximum Gasteiger partial charge on any atom is 0.228 e. The van der Waals surface area contributed by atoms with E-state index in [1.165, 1.54) is 0 Å². The molecule has 2 aromatic rings. The molecule has 1 unspecified atom stereocenters. The van der Waals surface area contributed by atoms with E-state index >= 15 is 0 Å². The average Bonchev–Trinajstić information content (AvgIpc) is 3.23. The predicted octanol–water partition coefficient (Wildman–Crippen LogP) is 3.30. The van der Waals surface area contributed by atoms with Crippen molar-refractivity contribution in [3.8, 4) is 0 Å². The van der Waals surface area contributed by atoms with Crippen molar-refractivity contribution in [1.29, 1.82) is 0 Å². The summed E-state index contributed by atoms with van der Waals surface area (Å²) in [4.78, 5) is 19.5. The zero-order valence-electron chi connectivity index (χ0n) is 16.1. The summed E-state index contributed by atoms with van der Waals surface area (Å²) in [5.74, 6) is 0.704. The highest BCUT2D eigenvalue weighted by Gasteiger charge is 2.19. The molecule has 0 bridgehead atoms. The van der Waals surface area contributed by atoms with Crippen LogP contribution in [0.2, 0.25) is 0 Å². The van der Waals surface area contributed by atoms with E-state index in [0.29, 0.717) is 18.4 Å². The number of anilines is 1. The molecule has 27 heavy (non-hydrogen) atoms. The second-order valence-electron chi connectivity index (χ2n) is 6.65. The number of fused-ring (bicyclic) bond motifs is 1. The first-order valence-corrected chi connectivity index (χ1v) is 9.42. The minimum absolute atomic E-state index is 0. The van der Waals surface area contributed by atoms with Crippen LogP contribution in [-0.4, -0.2) is 52.6 Å². The van der Waals surface area contributed by atoms with Crippen LogP contribution in [0.1, 0.15) is 33.1 Å². The van der Waals surface area contributed by atoms with Gasteiger partial charge in [-0.15, -0.1) is 24.8 Å². The van der Waals surface area contributed by atoms with E-state index in [9.17, 15) is 4.79 Å². The number of imidazole rings is 1. The highest BCUT2D eigenvalue weighted by Crippen LogP contribution is 2.20. The molecule has 6 nitrogen and oxygen atoms in total. The van der Waals surface area contributed by atoms with Crippen molar-refractivity contribution in [2.24, 2.45) is 0 Å². The Labute approximate surface area is 173 Å². The second-order valence-corrected chi connectivity index (χ2v) is 6.65. The molecule has 1 aromatic heterocycles. The zero-order chi connectivity index (χ0) is 17.6. The van der Waals surface area contributed by atoms with Gasteiger partial charge in [-0.2, -0.15) is 0 Å². The van der Waals surface area contributed by atoms with Crippen LogP contribution in [0.25, 0.3) is 11.0 Å². The van der Waals surface area contributed by atoms with E-state index < -0.39 is 0 Å². The molecule has 2 N–H and O–H groups in total. The molecule has 0 saturated carbocycles. The van der Waals surface area contributed by atoms with Gasteiger partial charge in [0.05, 0.1) is 11.0 Å². The molecule has 1 atom stereocenters. The Morgan fingerprint density at radius 3 is 2.70 bits per heavy atom. The molecule has 0 radical (unpaired) electrons. The first kappa shape index (κ1) is 23.7. The number of amides is 1. The van der Waals surface area contributed by atoms with Crippen LogP contribution in [-0.2, 0) is 11.3 Å². The molecule has 1 amide bonds. The first-order chi connectivity index (χ1) is 12.2. The van der Waals surface area contributed by atoms with Gasteiger partial charge in [0, 0.05) is 25.6 Å². The predicted molar refractivity (Wildman–Crippen MR) is 116 cm³/mol. The normalized spacial score (nSPS) is 16.2. The minimum Gasteiger partial charge on any atom is -0.313 e. The Kier molecular flexibility index (Phi) is 10.1. The monoisotopic (exact) mass is 415 g/mol. The van der Waals surface area contributed by atoms with Gasteiger partial charge in [-0.05, 0) is 44.6 Å². The van der Waals surface area contributed by atoms with Crippen LogP contribution < -0.4 is 10.6 Å². The minimum atomic E-state index is 0. The van der Waals surface area contributed by atoms with Crippen LogP contribution in [0, 0.1) is 0 Å². The number of benzene rings is 1. The highest BCUT2D eigenvalue weighted by atomic mass is 35.5. The highest BCUT2D eigenvalue weighted by molar-refractivity contribution is 5.91. The summed E-state index contributed by atoms with van der Waals surface area (Å²) in [5, 5.41) is 6.42. The number of carbonyl (C=O) groups is 1. The maximum atomic E-state index is 12.4. The van der Waals surface area contributed by atoms with Gasteiger partial charge in [0.2, 0.25) is 11.9 Å². The van der Waals surface area contributed by atoms with Crippen molar-refractivity contribution < 1.29 is 4.79 Å². The number of hydrogen-bond donors (Lipinski definition) is 2. The smallest absolute Gasteiger partial charge is 0.228 e. The summed E-state index contributed by atoms with van der Waals surface area (Å²) in [6, 6.07) is 8.37. The Morgan fingerprint density at radius 1 is 1.30 bits per heavy atom. The van der Waals surface area contributed by atoms with Crippen molar-refractivity contribution in [3.05, 3.63) is 24.3 Å². The molecule has 1 saturated heterocycles. The third kappa shape index (κ3) is 6.07. The summed E-state index contributed by atoms with van der Waals surface area (Å²) in [5.41, 5.74) is 2.00. The zero-order valence-corrected chi connectivity index (χ0v) is 17.7. The SMILES string of the molecule is CCN(CC)CCn1c(NC(=O)CC2CCCN2)nc2ccccc21.Cl.Cl. The summed E-state index contributed by atoms with van der Waals surface area (Å²) in [6.07, 6.45) is 2.74. The van der Waals surface area contributed by atoms with Gasteiger partial charge in [0.15, 0.2) is 0 Å². The van der Waals surface area contributed by atoms with Crippen molar-refractivity contribution in [2.75, 3.05) is 31.5 Å². The van der Waals surface area contributed by atoms with E-state index in [1.54, 1.807) is 0 Å². The van der Waals surface area contributed by atoms with E-state index in [-0.39, 0.29) is 30.7 Å². The van der Waals surface area contributed by atoms with Crippen LogP contribution in [0.15, 0.2) is 24.3 Å². The standard InChI is InChI=1S/C19H29N5O.2ClH/c1-3-23(4-2)12-13-24-17-10-6-5-9-16(17)21-19(24)22-18(25)14-15-8-7-11-20-15;;/h5-6,9-10,15,20H,3-4,7-8,11-14H2,1-2H3,(H,21,22,25);2*1H. The fourth-order valence-electron chi connectivity index (χ4n) is 3.51. The third-order valence-electron chi connectivity index (χ3n) is 5.03. The number of likely N-dealkylation sites (N-methyl/N-ethyl adjacent to an activating group) is 1. The first-order valence-electron chi connectivity index (χ1n) is 9.42. The van der Waals surface area contributed by atoms with Gasteiger partial charge < -0.3 is 14.8 Å². The number of hydrogen-bond acceptors (Lipinski definition) is 4. The summed E-state index contributed by atoms with van der Waals surface area (Å²) in [6.45, 7) is 9.18. The molecule has 1 aromatic carbocycles. The Morgan fingerprint density at radius 2 is 2.04 bits per heavy atom.